The largest absolute Gasteiger partial charge is 1.00 e. The van der Waals surface area contributed by atoms with Gasteiger partial charge in [-0.25, -0.2) is 0 Å². The lowest BCUT2D eigenvalue weighted by molar-refractivity contribution is -0.923. The molecule has 2 nitrogen and oxygen atoms in total. The number of likely N-dealkylation sites (N-methyl/N-ethyl adjacent to an activating group) is 1. The topological polar surface area (TPSA) is 12.5 Å². The van der Waals surface area contributed by atoms with Crippen LogP contribution in [0.2, 0.25) is 0 Å². The van der Waals surface area contributed by atoms with E-state index in [0.717, 1.165) is 6.61 Å². The molecule has 0 spiro atoms. The Bertz CT molecular complexity index is 113. The first-order valence-electron chi connectivity index (χ1n) is 4.73. The van der Waals surface area contributed by atoms with Gasteiger partial charge in [0.25, 0.3) is 0 Å². The number of nitrogens with zero attached hydrogens (tertiary/aromatic N) is 1. The molecule has 0 aliphatic carbocycles. The fourth-order valence-corrected chi connectivity index (χ4v) is 1.66. The molecule has 74 valence electrons. The van der Waals surface area contributed by atoms with Crippen LogP contribution in [0.1, 0.15) is 20.8 Å². The summed E-state index contributed by atoms with van der Waals surface area (Å²) in [6.45, 7) is 12.8. The van der Waals surface area contributed by atoms with E-state index in [1.165, 1.54) is 30.7 Å². The van der Waals surface area contributed by atoms with Crippen LogP contribution in [0.4, 0.5) is 0 Å². The van der Waals surface area contributed by atoms with E-state index in [1.54, 1.807) is 0 Å². The molecular formula is C9H20ClNO. The molecule has 0 N–H and O–H groups in total. The van der Waals surface area contributed by atoms with Gasteiger partial charge in [-0.2, -0.15) is 0 Å². The number of halogens is 1. The van der Waals surface area contributed by atoms with Gasteiger partial charge in [0.05, 0.1) is 26.2 Å². The van der Waals surface area contributed by atoms with Crippen molar-refractivity contribution in [3.05, 3.63) is 0 Å². The quantitative estimate of drug-likeness (QED) is 0.374. The zero-order valence-corrected chi connectivity index (χ0v) is 9.10. The van der Waals surface area contributed by atoms with Crippen molar-refractivity contribution in [2.45, 2.75) is 26.9 Å². The van der Waals surface area contributed by atoms with Gasteiger partial charge >= 0.3 is 0 Å². The highest BCUT2D eigenvalue weighted by molar-refractivity contribution is 4.68. The van der Waals surface area contributed by atoms with Crippen LogP contribution in [0.25, 0.3) is 0 Å². The smallest absolute Gasteiger partial charge is 0.130 e. The molecule has 3 heteroatoms. The van der Waals surface area contributed by atoms with Gasteiger partial charge in [0.2, 0.25) is 0 Å². The van der Waals surface area contributed by atoms with Crippen LogP contribution >= 0.6 is 0 Å². The number of ether oxygens (including phenoxy) is 1. The summed E-state index contributed by atoms with van der Waals surface area (Å²) in [6, 6.07) is 0. The van der Waals surface area contributed by atoms with Gasteiger partial charge in [0.1, 0.15) is 12.6 Å². The van der Waals surface area contributed by atoms with E-state index in [1.807, 2.05) is 0 Å². The minimum atomic E-state index is 0. The van der Waals surface area contributed by atoms with Crippen molar-refractivity contribution in [3.8, 4) is 0 Å². The Morgan fingerprint density at radius 1 is 1.17 bits per heavy atom. The summed E-state index contributed by atoms with van der Waals surface area (Å²) in [6.07, 6.45) is 0.579. The van der Waals surface area contributed by atoms with E-state index in [4.69, 9.17) is 4.74 Å². The molecule has 0 amide bonds. The highest BCUT2D eigenvalue weighted by atomic mass is 35.5. The van der Waals surface area contributed by atoms with Crippen LogP contribution in [0.5, 0.6) is 0 Å². The molecule has 1 atom stereocenters. The minimum absolute atomic E-state index is 0. The van der Waals surface area contributed by atoms with Crippen LogP contribution in [0.3, 0.4) is 0 Å². The molecule has 0 bridgehead atoms. The Balaban J connectivity index is 0.00000121. The van der Waals surface area contributed by atoms with Crippen molar-refractivity contribution in [1.82, 2.24) is 0 Å². The van der Waals surface area contributed by atoms with Crippen molar-refractivity contribution in [2.75, 3.05) is 32.8 Å². The first-order chi connectivity index (χ1) is 5.26. The van der Waals surface area contributed by atoms with Gasteiger partial charge in [-0.15, -0.1) is 0 Å². The lowest BCUT2D eigenvalue weighted by atomic mass is 10.3. The lowest BCUT2D eigenvalue weighted by Crippen LogP contribution is -3.00. The number of hydrogen-bond donors (Lipinski definition) is 0. The molecule has 12 heavy (non-hydrogen) atoms. The fraction of sp³-hybridized carbons (Fsp3) is 1.00. The van der Waals surface area contributed by atoms with Crippen molar-refractivity contribution in [2.24, 2.45) is 0 Å². The molecular weight excluding hydrogens is 174 g/mol. The molecule has 0 aromatic heterocycles. The first kappa shape index (κ1) is 12.2. The third-order valence-corrected chi connectivity index (χ3v) is 3.01. The maximum atomic E-state index is 5.25. The van der Waals surface area contributed by atoms with Gasteiger partial charge in [0.15, 0.2) is 0 Å². The van der Waals surface area contributed by atoms with E-state index in [0.29, 0.717) is 6.10 Å². The Morgan fingerprint density at radius 3 is 1.83 bits per heavy atom. The van der Waals surface area contributed by atoms with Crippen molar-refractivity contribution in [3.63, 3.8) is 0 Å². The Hall–Kier alpha value is 0.210. The second-order valence-corrected chi connectivity index (χ2v) is 3.43. The van der Waals surface area contributed by atoms with Crippen molar-refractivity contribution >= 4 is 0 Å². The first-order valence-corrected chi connectivity index (χ1v) is 4.73. The standard InChI is InChI=1S/C9H20NO.ClH/c1-4-10(5-2,6-3)7-9-8-11-9;/h9H,4-8H2,1-3H3;1H/q+1;/p-1. The molecule has 1 rings (SSSR count). The molecule has 1 aliphatic rings. The van der Waals surface area contributed by atoms with Gasteiger partial charge in [-0.3, -0.25) is 0 Å². The van der Waals surface area contributed by atoms with Gasteiger partial charge in [0, 0.05) is 0 Å². The summed E-state index contributed by atoms with van der Waals surface area (Å²) in [5.74, 6) is 0. The minimum Gasteiger partial charge on any atom is -1.00 e. The third-order valence-electron chi connectivity index (χ3n) is 3.01. The van der Waals surface area contributed by atoms with Crippen LogP contribution in [0.15, 0.2) is 0 Å². The van der Waals surface area contributed by atoms with Crippen LogP contribution in [-0.4, -0.2) is 43.4 Å². The predicted octanol–water partition coefficient (Wildman–Crippen LogP) is -1.73. The molecule has 0 radical (unpaired) electrons. The van der Waals surface area contributed by atoms with E-state index in [-0.39, 0.29) is 12.4 Å². The average Bonchev–Trinajstić information content (AvgIpc) is 2.84. The van der Waals surface area contributed by atoms with Crippen molar-refractivity contribution in [1.29, 1.82) is 0 Å². The highest BCUT2D eigenvalue weighted by Gasteiger charge is 2.33. The number of rotatable bonds is 5. The molecule has 1 unspecified atom stereocenters. The number of epoxide rings is 1. The second kappa shape index (κ2) is 5.05. The Labute approximate surface area is 81.9 Å². The van der Waals surface area contributed by atoms with Gasteiger partial charge < -0.3 is 21.6 Å². The highest BCUT2D eigenvalue weighted by Crippen LogP contribution is 2.16. The summed E-state index contributed by atoms with van der Waals surface area (Å²) in [5.41, 5.74) is 0. The molecule has 1 aliphatic heterocycles. The summed E-state index contributed by atoms with van der Waals surface area (Å²) < 4.78 is 6.48. The summed E-state index contributed by atoms with van der Waals surface area (Å²) in [5, 5.41) is 0. The van der Waals surface area contributed by atoms with E-state index in [2.05, 4.69) is 20.8 Å². The Kier molecular flexibility index (Phi) is 5.14. The van der Waals surface area contributed by atoms with E-state index < -0.39 is 0 Å². The second-order valence-electron chi connectivity index (χ2n) is 3.43. The molecule has 0 saturated carbocycles. The van der Waals surface area contributed by atoms with Crippen LogP contribution < -0.4 is 12.4 Å². The Morgan fingerprint density at radius 2 is 1.58 bits per heavy atom. The van der Waals surface area contributed by atoms with Gasteiger partial charge in [-0.1, -0.05) is 0 Å². The molecule has 1 heterocycles. The predicted molar refractivity (Wildman–Crippen MR) is 46.5 cm³/mol. The molecule has 0 aromatic carbocycles. The zero-order chi connectivity index (χ0) is 8.32. The fourth-order valence-electron chi connectivity index (χ4n) is 1.66. The summed E-state index contributed by atoms with van der Waals surface area (Å²) in [7, 11) is 0. The molecule has 1 saturated heterocycles. The maximum Gasteiger partial charge on any atom is 0.130 e. The van der Waals surface area contributed by atoms with Crippen LogP contribution in [-0.2, 0) is 4.74 Å². The SMILES string of the molecule is CC[N+](CC)(CC)CC1CO1.[Cl-]. The zero-order valence-electron chi connectivity index (χ0n) is 8.35. The molecule has 0 aromatic rings. The van der Waals surface area contributed by atoms with E-state index >= 15 is 0 Å². The number of quaternary nitrogens is 1. The summed E-state index contributed by atoms with van der Waals surface area (Å²) in [4.78, 5) is 0. The van der Waals surface area contributed by atoms with Crippen LogP contribution in [0, 0.1) is 0 Å². The maximum absolute atomic E-state index is 5.25. The monoisotopic (exact) mass is 193 g/mol. The normalized spacial score (nSPS) is 21.8. The third kappa shape index (κ3) is 2.92. The molecule has 1 fully saturated rings. The number of hydrogen-bond acceptors (Lipinski definition) is 1. The average molecular weight is 194 g/mol. The van der Waals surface area contributed by atoms with E-state index in [9.17, 15) is 0 Å². The summed E-state index contributed by atoms with van der Waals surface area (Å²) >= 11 is 0. The lowest BCUT2D eigenvalue weighted by Gasteiger charge is -2.35. The van der Waals surface area contributed by atoms with Gasteiger partial charge in [-0.05, 0) is 20.8 Å². The van der Waals surface area contributed by atoms with Crippen molar-refractivity contribution < 1.29 is 21.6 Å².